The van der Waals surface area contributed by atoms with Crippen LogP contribution in [0.2, 0.25) is 0 Å². The molecule has 28 heavy (non-hydrogen) atoms. The van der Waals surface area contributed by atoms with E-state index < -0.39 is 17.6 Å². The fraction of sp³-hybridized carbons (Fsp3) is 0.105. The largest absolute Gasteiger partial charge is 0.497 e. The lowest BCUT2D eigenvalue weighted by Crippen LogP contribution is -2.14. The quantitative estimate of drug-likeness (QED) is 0.673. The van der Waals surface area contributed by atoms with E-state index in [1.54, 1.807) is 31.4 Å². The molecule has 0 fully saturated rings. The smallest absolute Gasteiger partial charge is 0.416 e. The van der Waals surface area contributed by atoms with Crippen LogP contribution in [-0.4, -0.2) is 23.2 Å². The Hall–Kier alpha value is -3.62. The Labute approximate surface area is 158 Å². The molecule has 9 heteroatoms. The zero-order valence-corrected chi connectivity index (χ0v) is 14.6. The highest BCUT2D eigenvalue weighted by Gasteiger charge is 2.29. The van der Waals surface area contributed by atoms with Crippen molar-refractivity contribution in [2.24, 2.45) is 0 Å². The molecular formula is C19H15F3N4O2. The standard InChI is InChI=1S/C19H15F3N4O2/c1-28-15-8-6-14(7-9-15)24-18(27)16-10-11-17(26-25-16)23-13-4-2-12(3-5-13)19(20,21)22/h2-11H,1H3,(H,23,26)(H,24,27). The van der Waals surface area contributed by atoms with Gasteiger partial charge in [-0.3, -0.25) is 4.79 Å². The van der Waals surface area contributed by atoms with Gasteiger partial charge < -0.3 is 15.4 Å². The number of nitrogens with one attached hydrogen (secondary N) is 2. The normalized spacial score (nSPS) is 11.0. The van der Waals surface area contributed by atoms with Gasteiger partial charge in [0.15, 0.2) is 11.5 Å². The molecule has 2 aromatic carbocycles. The van der Waals surface area contributed by atoms with Crippen LogP contribution in [0.5, 0.6) is 5.75 Å². The van der Waals surface area contributed by atoms with Crippen LogP contribution < -0.4 is 15.4 Å². The molecule has 1 amide bonds. The predicted octanol–water partition coefficient (Wildman–Crippen LogP) is 4.50. The van der Waals surface area contributed by atoms with E-state index in [1.807, 2.05) is 0 Å². The van der Waals surface area contributed by atoms with Gasteiger partial charge in [-0.05, 0) is 60.7 Å². The molecule has 0 aliphatic rings. The predicted molar refractivity (Wildman–Crippen MR) is 97.7 cm³/mol. The number of anilines is 3. The van der Waals surface area contributed by atoms with Gasteiger partial charge in [-0.2, -0.15) is 13.2 Å². The van der Waals surface area contributed by atoms with Crippen molar-refractivity contribution in [3.8, 4) is 5.75 Å². The van der Waals surface area contributed by atoms with Gasteiger partial charge in [-0.25, -0.2) is 0 Å². The maximum atomic E-state index is 12.6. The number of hydrogen-bond acceptors (Lipinski definition) is 5. The molecule has 0 aliphatic heterocycles. The zero-order valence-electron chi connectivity index (χ0n) is 14.6. The van der Waals surface area contributed by atoms with Gasteiger partial charge in [0.25, 0.3) is 5.91 Å². The number of carbonyl (C=O) groups excluding carboxylic acids is 1. The molecule has 0 unspecified atom stereocenters. The number of halogens is 3. The SMILES string of the molecule is COc1ccc(NC(=O)c2ccc(Nc3ccc(C(F)(F)F)cc3)nn2)cc1. The first-order chi connectivity index (χ1) is 13.3. The second-order valence-electron chi connectivity index (χ2n) is 5.69. The van der Waals surface area contributed by atoms with Crippen LogP contribution in [0.4, 0.5) is 30.4 Å². The fourth-order valence-electron chi connectivity index (χ4n) is 2.28. The van der Waals surface area contributed by atoms with Crippen molar-refractivity contribution in [2.45, 2.75) is 6.18 Å². The topological polar surface area (TPSA) is 76.1 Å². The highest BCUT2D eigenvalue weighted by Crippen LogP contribution is 2.30. The Kier molecular flexibility index (Phi) is 5.44. The van der Waals surface area contributed by atoms with Crippen LogP contribution in [0.3, 0.4) is 0 Å². The molecule has 1 heterocycles. The molecule has 2 N–H and O–H groups in total. The van der Waals surface area contributed by atoms with Crippen LogP contribution >= 0.6 is 0 Å². The first-order valence-electron chi connectivity index (χ1n) is 8.08. The molecule has 3 aromatic rings. The van der Waals surface area contributed by atoms with Crippen molar-refractivity contribution in [3.05, 3.63) is 71.9 Å². The highest BCUT2D eigenvalue weighted by atomic mass is 19.4. The summed E-state index contributed by atoms with van der Waals surface area (Å²) < 4.78 is 42.8. The molecule has 6 nitrogen and oxygen atoms in total. The van der Waals surface area contributed by atoms with Crippen LogP contribution in [0.1, 0.15) is 16.1 Å². The summed E-state index contributed by atoms with van der Waals surface area (Å²) in [5, 5.41) is 13.2. The summed E-state index contributed by atoms with van der Waals surface area (Å²) in [5.41, 5.74) is 0.334. The van der Waals surface area contributed by atoms with E-state index >= 15 is 0 Å². The van der Waals surface area contributed by atoms with E-state index in [-0.39, 0.29) is 5.69 Å². The van der Waals surface area contributed by atoms with Gasteiger partial charge >= 0.3 is 6.18 Å². The Morgan fingerprint density at radius 3 is 2.07 bits per heavy atom. The Morgan fingerprint density at radius 2 is 1.54 bits per heavy atom. The van der Waals surface area contributed by atoms with E-state index in [0.717, 1.165) is 12.1 Å². The maximum absolute atomic E-state index is 12.6. The molecule has 0 bridgehead atoms. The Morgan fingerprint density at radius 1 is 0.893 bits per heavy atom. The average molecular weight is 388 g/mol. The molecule has 0 radical (unpaired) electrons. The van der Waals surface area contributed by atoms with Gasteiger partial charge in [0.2, 0.25) is 0 Å². The summed E-state index contributed by atoms with van der Waals surface area (Å²) in [5.74, 6) is 0.510. The van der Waals surface area contributed by atoms with E-state index in [1.165, 1.54) is 24.3 Å². The van der Waals surface area contributed by atoms with E-state index in [0.29, 0.717) is 22.9 Å². The molecule has 0 saturated heterocycles. The van der Waals surface area contributed by atoms with Crippen molar-refractivity contribution < 1.29 is 22.7 Å². The number of amides is 1. The molecule has 144 valence electrons. The first kappa shape index (κ1) is 19.2. The second kappa shape index (κ2) is 7.95. The lowest BCUT2D eigenvalue weighted by atomic mass is 10.2. The third-order valence-corrected chi connectivity index (χ3v) is 3.73. The summed E-state index contributed by atoms with van der Waals surface area (Å²) in [6, 6.07) is 14.3. The minimum absolute atomic E-state index is 0.0915. The number of nitrogens with zero attached hydrogens (tertiary/aromatic N) is 2. The minimum atomic E-state index is -4.39. The van der Waals surface area contributed by atoms with Crippen molar-refractivity contribution in [3.63, 3.8) is 0 Å². The molecular weight excluding hydrogens is 373 g/mol. The van der Waals surface area contributed by atoms with Crippen LogP contribution in [0.25, 0.3) is 0 Å². The summed E-state index contributed by atoms with van der Waals surface area (Å²) in [6.07, 6.45) is -4.39. The monoisotopic (exact) mass is 388 g/mol. The van der Waals surface area contributed by atoms with E-state index in [4.69, 9.17) is 4.74 Å². The molecule has 0 atom stereocenters. The fourth-order valence-corrected chi connectivity index (χ4v) is 2.28. The summed E-state index contributed by atoms with van der Waals surface area (Å²) in [6.45, 7) is 0. The van der Waals surface area contributed by atoms with Crippen molar-refractivity contribution in [1.29, 1.82) is 0 Å². The second-order valence-corrected chi connectivity index (χ2v) is 5.69. The highest BCUT2D eigenvalue weighted by molar-refractivity contribution is 6.02. The number of rotatable bonds is 5. The van der Waals surface area contributed by atoms with Gasteiger partial charge in [-0.1, -0.05) is 0 Å². The number of ether oxygens (including phenoxy) is 1. The third-order valence-electron chi connectivity index (χ3n) is 3.73. The first-order valence-corrected chi connectivity index (χ1v) is 8.08. The number of aromatic nitrogens is 2. The molecule has 0 saturated carbocycles. The van der Waals surface area contributed by atoms with Crippen molar-refractivity contribution in [2.75, 3.05) is 17.7 Å². The van der Waals surface area contributed by atoms with Crippen molar-refractivity contribution >= 4 is 23.1 Å². The average Bonchev–Trinajstić information content (AvgIpc) is 2.69. The zero-order chi connectivity index (χ0) is 20.1. The number of methoxy groups -OCH3 is 1. The van der Waals surface area contributed by atoms with E-state index in [2.05, 4.69) is 20.8 Å². The van der Waals surface area contributed by atoms with Gasteiger partial charge in [0.1, 0.15) is 5.75 Å². The van der Waals surface area contributed by atoms with Gasteiger partial charge in [-0.15, -0.1) is 10.2 Å². The maximum Gasteiger partial charge on any atom is 0.416 e. The minimum Gasteiger partial charge on any atom is -0.497 e. The third kappa shape index (κ3) is 4.76. The van der Waals surface area contributed by atoms with Crippen molar-refractivity contribution in [1.82, 2.24) is 10.2 Å². The molecule has 3 rings (SSSR count). The van der Waals surface area contributed by atoms with Crippen LogP contribution in [0.15, 0.2) is 60.7 Å². The van der Waals surface area contributed by atoms with Crippen LogP contribution in [0, 0.1) is 0 Å². The lowest BCUT2D eigenvalue weighted by Gasteiger charge is -2.09. The Balaban J connectivity index is 1.63. The number of hydrogen-bond donors (Lipinski definition) is 2. The number of carbonyl (C=O) groups is 1. The molecule has 0 spiro atoms. The summed E-state index contributed by atoms with van der Waals surface area (Å²) >= 11 is 0. The van der Waals surface area contributed by atoms with Gasteiger partial charge in [0.05, 0.1) is 12.7 Å². The van der Waals surface area contributed by atoms with Crippen LogP contribution in [-0.2, 0) is 6.18 Å². The summed E-state index contributed by atoms with van der Waals surface area (Å²) in [4.78, 5) is 12.2. The number of benzene rings is 2. The number of alkyl halides is 3. The lowest BCUT2D eigenvalue weighted by molar-refractivity contribution is -0.137. The van der Waals surface area contributed by atoms with Gasteiger partial charge in [0, 0.05) is 11.4 Å². The summed E-state index contributed by atoms with van der Waals surface area (Å²) in [7, 11) is 1.55. The molecule has 1 aromatic heterocycles. The van der Waals surface area contributed by atoms with E-state index in [9.17, 15) is 18.0 Å². The molecule has 0 aliphatic carbocycles. The Bertz CT molecular complexity index is 941.